The Balaban J connectivity index is 1.61. The van der Waals surface area contributed by atoms with Crippen molar-refractivity contribution in [3.05, 3.63) is 99.7 Å². The predicted octanol–water partition coefficient (Wildman–Crippen LogP) is 4.86. The first-order valence-electron chi connectivity index (χ1n) is 11.0. The lowest BCUT2D eigenvalue weighted by molar-refractivity contribution is 0.0942. The number of aromatic nitrogens is 1. The van der Waals surface area contributed by atoms with E-state index in [4.69, 9.17) is 11.1 Å². The van der Waals surface area contributed by atoms with Crippen molar-refractivity contribution in [2.24, 2.45) is 5.73 Å². The minimum absolute atomic E-state index is 0.0254. The van der Waals surface area contributed by atoms with Gasteiger partial charge in [0.25, 0.3) is 5.91 Å². The molecule has 0 saturated carbocycles. The van der Waals surface area contributed by atoms with E-state index in [9.17, 15) is 4.79 Å². The third-order valence-electron chi connectivity index (χ3n) is 5.84. The Hall–Kier alpha value is -3.42. The second-order valence-corrected chi connectivity index (χ2v) is 10.2. The Labute approximate surface area is 208 Å². The standard InChI is InChI=1S/C27H28BrN5O/c1-33(2,3)23-10-7-18(8-11-23)16-31-27(34)25-15-21-14-22(28)9-12-24(21)32(25)17-19-5-4-6-20(13-19)26(29)30/h4-15H,16-17H2,1-3H3,(H3-,29,30,31,34)/p+1. The van der Waals surface area contributed by atoms with E-state index in [0.29, 0.717) is 24.3 Å². The largest absolute Gasteiger partial charge is 0.384 e. The lowest BCUT2D eigenvalue weighted by Crippen LogP contribution is -2.34. The summed E-state index contributed by atoms with van der Waals surface area (Å²) < 4.78 is 3.71. The lowest BCUT2D eigenvalue weighted by atomic mass is 10.1. The summed E-state index contributed by atoms with van der Waals surface area (Å²) >= 11 is 3.53. The van der Waals surface area contributed by atoms with Gasteiger partial charge in [-0.1, -0.05) is 46.3 Å². The monoisotopic (exact) mass is 518 g/mol. The van der Waals surface area contributed by atoms with Crippen LogP contribution in [0, 0.1) is 5.41 Å². The van der Waals surface area contributed by atoms with Crippen LogP contribution in [-0.4, -0.2) is 37.5 Å². The molecule has 4 rings (SSSR count). The fourth-order valence-electron chi connectivity index (χ4n) is 3.95. The SMILES string of the molecule is C[N+](C)(C)c1ccc(CNC(=O)c2cc3cc(Br)ccc3n2Cc2cccc(C(=N)N)c2)cc1. The minimum atomic E-state index is -0.134. The van der Waals surface area contributed by atoms with Gasteiger partial charge in [0.1, 0.15) is 17.2 Å². The average molecular weight is 519 g/mol. The van der Waals surface area contributed by atoms with E-state index in [1.54, 1.807) is 0 Å². The highest BCUT2D eigenvalue weighted by molar-refractivity contribution is 9.10. The zero-order valence-corrected chi connectivity index (χ0v) is 21.2. The molecule has 0 saturated heterocycles. The second-order valence-electron chi connectivity index (χ2n) is 9.29. The first-order chi connectivity index (χ1) is 16.1. The van der Waals surface area contributed by atoms with Gasteiger partial charge in [-0.3, -0.25) is 14.7 Å². The number of fused-ring (bicyclic) bond motifs is 1. The summed E-state index contributed by atoms with van der Waals surface area (Å²) in [5.74, 6) is -0.108. The average Bonchev–Trinajstić information content (AvgIpc) is 3.14. The van der Waals surface area contributed by atoms with Crippen LogP contribution in [0.15, 0.2) is 77.3 Å². The van der Waals surface area contributed by atoms with E-state index in [-0.39, 0.29) is 11.7 Å². The van der Waals surface area contributed by atoms with Crippen LogP contribution in [0.4, 0.5) is 5.69 Å². The maximum Gasteiger partial charge on any atom is 0.268 e. The molecule has 1 heterocycles. The number of rotatable bonds is 7. The van der Waals surface area contributed by atoms with Gasteiger partial charge in [-0.2, -0.15) is 0 Å². The smallest absolute Gasteiger partial charge is 0.268 e. The molecule has 34 heavy (non-hydrogen) atoms. The molecule has 0 radical (unpaired) electrons. The summed E-state index contributed by atoms with van der Waals surface area (Å²) in [6.07, 6.45) is 0. The molecule has 4 aromatic rings. The van der Waals surface area contributed by atoms with Crippen molar-refractivity contribution >= 4 is 44.3 Å². The number of hydrogen-bond acceptors (Lipinski definition) is 2. The fraction of sp³-hybridized carbons (Fsp3) is 0.185. The van der Waals surface area contributed by atoms with E-state index in [1.807, 2.05) is 53.1 Å². The van der Waals surface area contributed by atoms with Crippen molar-refractivity contribution in [3.8, 4) is 0 Å². The summed E-state index contributed by atoms with van der Waals surface area (Å²) in [4.78, 5) is 13.3. The van der Waals surface area contributed by atoms with Gasteiger partial charge >= 0.3 is 0 Å². The molecule has 0 aliphatic carbocycles. The molecule has 4 N–H and O–H groups in total. The lowest BCUT2D eigenvalue weighted by Gasteiger charge is -2.23. The third kappa shape index (κ3) is 5.21. The Morgan fingerprint density at radius 3 is 2.41 bits per heavy atom. The van der Waals surface area contributed by atoms with E-state index >= 15 is 0 Å². The summed E-state index contributed by atoms with van der Waals surface area (Å²) in [5.41, 5.74) is 11.1. The highest BCUT2D eigenvalue weighted by atomic mass is 79.9. The fourth-order valence-corrected chi connectivity index (χ4v) is 4.33. The highest BCUT2D eigenvalue weighted by Gasteiger charge is 2.17. The van der Waals surface area contributed by atoms with Crippen LogP contribution in [0.1, 0.15) is 27.2 Å². The topological polar surface area (TPSA) is 83.9 Å². The molecule has 6 nitrogen and oxygen atoms in total. The van der Waals surface area contributed by atoms with Crippen LogP contribution in [-0.2, 0) is 13.1 Å². The molecular weight excluding hydrogens is 490 g/mol. The van der Waals surface area contributed by atoms with Gasteiger partial charge < -0.3 is 15.6 Å². The Morgan fingerprint density at radius 2 is 1.74 bits per heavy atom. The van der Waals surface area contributed by atoms with Gasteiger partial charge in [-0.25, -0.2) is 0 Å². The number of carbonyl (C=O) groups is 1. The molecule has 174 valence electrons. The highest BCUT2D eigenvalue weighted by Crippen LogP contribution is 2.25. The first kappa shape index (κ1) is 23.7. The van der Waals surface area contributed by atoms with E-state index in [2.05, 4.69) is 66.7 Å². The van der Waals surface area contributed by atoms with Gasteiger partial charge in [0.15, 0.2) is 0 Å². The Bertz CT molecular complexity index is 1370. The number of quaternary nitrogens is 1. The second kappa shape index (κ2) is 9.44. The molecular formula is C27H29BrN5O+. The van der Waals surface area contributed by atoms with Crippen LogP contribution in [0.2, 0.25) is 0 Å². The van der Waals surface area contributed by atoms with Gasteiger partial charge in [0, 0.05) is 34.0 Å². The van der Waals surface area contributed by atoms with E-state index in [0.717, 1.165) is 31.0 Å². The Morgan fingerprint density at radius 1 is 1.00 bits per heavy atom. The number of carbonyl (C=O) groups excluding carboxylic acids is 1. The zero-order valence-electron chi connectivity index (χ0n) is 19.6. The van der Waals surface area contributed by atoms with Crippen LogP contribution < -0.4 is 15.5 Å². The molecule has 0 bridgehead atoms. The molecule has 0 aliphatic rings. The maximum atomic E-state index is 13.3. The molecule has 0 unspecified atom stereocenters. The van der Waals surface area contributed by atoms with Gasteiger partial charge in [-0.05, 0) is 53.6 Å². The van der Waals surface area contributed by atoms with Crippen molar-refractivity contribution in [1.29, 1.82) is 5.41 Å². The van der Waals surface area contributed by atoms with Gasteiger partial charge in [0.05, 0.1) is 21.1 Å². The molecule has 0 fully saturated rings. The number of benzene rings is 3. The summed E-state index contributed by atoms with van der Waals surface area (Å²) in [7, 11) is 6.38. The van der Waals surface area contributed by atoms with Crippen molar-refractivity contribution in [3.63, 3.8) is 0 Å². The summed E-state index contributed by atoms with van der Waals surface area (Å²) in [6, 6.07) is 23.8. The molecule has 1 amide bonds. The van der Waals surface area contributed by atoms with E-state index in [1.165, 1.54) is 5.69 Å². The van der Waals surface area contributed by atoms with Crippen molar-refractivity contribution in [2.75, 3.05) is 21.1 Å². The van der Waals surface area contributed by atoms with Crippen LogP contribution in [0.5, 0.6) is 0 Å². The van der Waals surface area contributed by atoms with E-state index < -0.39 is 0 Å². The number of nitrogen functional groups attached to an aromatic ring is 1. The summed E-state index contributed by atoms with van der Waals surface area (Å²) in [6.45, 7) is 0.939. The first-order valence-corrected chi connectivity index (χ1v) is 11.8. The molecule has 0 spiro atoms. The molecule has 7 heteroatoms. The zero-order chi connectivity index (χ0) is 24.5. The number of halogens is 1. The molecule has 0 atom stereocenters. The minimum Gasteiger partial charge on any atom is -0.384 e. The van der Waals surface area contributed by atoms with Crippen molar-refractivity contribution < 1.29 is 4.79 Å². The van der Waals surface area contributed by atoms with Crippen LogP contribution in [0.3, 0.4) is 0 Å². The predicted molar refractivity (Wildman–Crippen MR) is 143 cm³/mol. The number of nitrogens with zero attached hydrogens (tertiary/aromatic N) is 2. The number of nitrogens with two attached hydrogens (primary N) is 1. The number of hydrogen-bond donors (Lipinski definition) is 3. The maximum absolute atomic E-state index is 13.3. The normalized spacial score (nSPS) is 11.5. The molecule has 0 aliphatic heterocycles. The molecule has 1 aromatic heterocycles. The molecule has 3 aromatic carbocycles. The van der Waals surface area contributed by atoms with Crippen LogP contribution in [0.25, 0.3) is 10.9 Å². The third-order valence-corrected chi connectivity index (χ3v) is 6.33. The number of amides is 1. The quantitative estimate of drug-likeness (QED) is 0.185. The van der Waals surface area contributed by atoms with Crippen molar-refractivity contribution in [1.82, 2.24) is 14.4 Å². The number of nitrogens with one attached hydrogen (secondary N) is 2. The Kier molecular flexibility index (Phi) is 6.59. The van der Waals surface area contributed by atoms with Crippen LogP contribution >= 0.6 is 15.9 Å². The van der Waals surface area contributed by atoms with Gasteiger partial charge in [0.2, 0.25) is 0 Å². The van der Waals surface area contributed by atoms with Gasteiger partial charge in [-0.15, -0.1) is 0 Å². The number of amidine groups is 1. The summed E-state index contributed by atoms with van der Waals surface area (Å²) in [5, 5.41) is 11.8. The van der Waals surface area contributed by atoms with Crippen molar-refractivity contribution in [2.45, 2.75) is 13.1 Å².